The summed E-state index contributed by atoms with van der Waals surface area (Å²) in [6.07, 6.45) is 0.197. The predicted octanol–water partition coefficient (Wildman–Crippen LogP) is 3.22. The van der Waals surface area contributed by atoms with Gasteiger partial charge in [-0.25, -0.2) is 8.42 Å². The molecule has 8 heteroatoms. The molecule has 0 saturated heterocycles. The summed E-state index contributed by atoms with van der Waals surface area (Å²) in [5.74, 6) is 0.502. The van der Waals surface area contributed by atoms with Crippen molar-refractivity contribution in [2.75, 3.05) is 14.2 Å². The molecule has 3 aromatic carbocycles. The van der Waals surface area contributed by atoms with Crippen molar-refractivity contribution in [2.24, 2.45) is 0 Å². The van der Waals surface area contributed by atoms with E-state index in [1.54, 1.807) is 38.3 Å². The molecule has 0 aliphatic heterocycles. The third kappa shape index (κ3) is 6.57. The van der Waals surface area contributed by atoms with Gasteiger partial charge in [-0.3, -0.25) is 4.79 Å². The summed E-state index contributed by atoms with van der Waals surface area (Å²) in [6.45, 7) is 2.05. The van der Waals surface area contributed by atoms with E-state index in [4.69, 9.17) is 9.47 Å². The third-order valence-electron chi connectivity index (χ3n) is 5.13. The van der Waals surface area contributed by atoms with Gasteiger partial charge >= 0.3 is 0 Å². The van der Waals surface area contributed by atoms with Crippen LogP contribution in [-0.2, 0) is 27.8 Å². The molecule has 0 saturated carbocycles. The molecule has 0 bridgehead atoms. The molecule has 0 aromatic heterocycles. The minimum absolute atomic E-state index is 0.00832. The Morgan fingerprint density at radius 3 is 2.24 bits per heavy atom. The van der Waals surface area contributed by atoms with Gasteiger partial charge in [0.15, 0.2) is 0 Å². The van der Waals surface area contributed by atoms with Crippen LogP contribution in [0.1, 0.15) is 16.7 Å². The van der Waals surface area contributed by atoms with Crippen LogP contribution < -0.4 is 19.5 Å². The van der Waals surface area contributed by atoms with Gasteiger partial charge in [0.2, 0.25) is 15.9 Å². The fraction of sp³-hybridized carbons (Fsp3) is 0.240. The molecular weight excluding hydrogens is 440 g/mol. The molecule has 174 valence electrons. The first-order valence-electron chi connectivity index (χ1n) is 10.4. The SMILES string of the molecule is COc1ccc(CNC(=O)[C@H](Cc2ccccc2)NS(=O)(=O)c2cc(C)ccc2OC)cc1. The first-order chi connectivity index (χ1) is 15.8. The summed E-state index contributed by atoms with van der Waals surface area (Å²) in [5, 5.41) is 2.83. The molecule has 0 aliphatic rings. The summed E-state index contributed by atoms with van der Waals surface area (Å²) < 4.78 is 39.4. The second kappa shape index (κ2) is 11.0. The van der Waals surface area contributed by atoms with Crippen LogP contribution in [0.25, 0.3) is 0 Å². The van der Waals surface area contributed by atoms with E-state index >= 15 is 0 Å². The molecule has 1 amide bonds. The van der Waals surface area contributed by atoms with Gasteiger partial charge in [0.25, 0.3) is 0 Å². The quantitative estimate of drug-likeness (QED) is 0.477. The number of carbonyl (C=O) groups excluding carboxylic acids is 1. The van der Waals surface area contributed by atoms with Crippen molar-refractivity contribution in [3.8, 4) is 11.5 Å². The van der Waals surface area contributed by atoms with Crippen molar-refractivity contribution in [3.05, 3.63) is 89.5 Å². The second-order valence-corrected chi connectivity index (χ2v) is 9.27. The molecule has 2 N–H and O–H groups in total. The van der Waals surface area contributed by atoms with Crippen LogP contribution in [0.4, 0.5) is 0 Å². The van der Waals surface area contributed by atoms with Crippen LogP contribution in [0.5, 0.6) is 11.5 Å². The smallest absolute Gasteiger partial charge is 0.244 e. The molecule has 0 spiro atoms. The van der Waals surface area contributed by atoms with Gasteiger partial charge in [0.05, 0.1) is 14.2 Å². The van der Waals surface area contributed by atoms with Crippen LogP contribution >= 0.6 is 0 Å². The zero-order valence-corrected chi connectivity index (χ0v) is 19.7. The number of sulfonamides is 1. The van der Waals surface area contributed by atoms with Crippen LogP contribution in [-0.4, -0.2) is 34.6 Å². The van der Waals surface area contributed by atoms with Gasteiger partial charge in [-0.15, -0.1) is 0 Å². The Morgan fingerprint density at radius 1 is 0.909 bits per heavy atom. The Bertz CT molecular complexity index is 1180. The number of amides is 1. The number of hydrogen-bond donors (Lipinski definition) is 2. The van der Waals surface area contributed by atoms with Crippen LogP contribution in [0.2, 0.25) is 0 Å². The lowest BCUT2D eigenvalue weighted by Gasteiger charge is -2.20. The first-order valence-corrected chi connectivity index (χ1v) is 11.9. The highest BCUT2D eigenvalue weighted by Gasteiger charge is 2.28. The number of benzene rings is 3. The van der Waals surface area contributed by atoms with Gasteiger partial charge in [-0.2, -0.15) is 4.72 Å². The van der Waals surface area contributed by atoms with Crippen LogP contribution in [0.3, 0.4) is 0 Å². The maximum atomic E-state index is 13.2. The maximum absolute atomic E-state index is 13.2. The Labute approximate surface area is 194 Å². The molecule has 0 heterocycles. The van der Waals surface area contributed by atoms with E-state index in [1.165, 1.54) is 13.2 Å². The molecule has 3 aromatic rings. The number of rotatable bonds is 10. The highest BCUT2D eigenvalue weighted by atomic mass is 32.2. The number of carbonyl (C=O) groups is 1. The fourth-order valence-electron chi connectivity index (χ4n) is 3.34. The molecule has 0 fully saturated rings. The number of aryl methyl sites for hydroxylation is 1. The van der Waals surface area contributed by atoms with Gasteiger partial charge in [0, 0.05) is 6.54 Å². The Morgan fingerprint density at radius 2 is 1.61 bits per heavy atom. The van der Waals surface area contributed by atoms with E-state index in [1.807, 2.05) is 42.5 Å². The maximum Gasteiger partial charge on any atom is 0.244 e. The van der Waals surface area contributed by atoms with Gasteiger partial charge in [0.1, 0.15) is 22.4 Å². The molecule has 33 heavy (non-hydrogen) atoms. The number of ether oxygens (including phenoxy) is 2. The van der Waals surface area contributed by atoms with Crippen LogP contribution in [0.15, 0.2) is 77.7 Å². The Balaban J connectivity index is 1.82. The monoisotopic (exact) mass is 468 g/mol. The van der Waals surface area contributed by atoms with Crippen molar-refractivity contribution in [3.63, 3.8) is 0 Å². The summed E-state index contributed by atoms with van der Waals surface area (Å²) in [5.41, 5.74) is 2.46. The zero-order valence-electron chi connectivity index (χ0n) is 18.9. The molecular formula is C25H28N2O5S. The topological polar surface area (TPSA) is 93.7 Å². The molecule has 3 rings (SSSR count). The zero-order chi connectivity index (χ0) is 23.8. The minimum atomic E-state index is -4.03. The summed E-state index contributed by atoms with van der Waals surface area (Å²) in [4.78, 5) is 13.1. The summed E-state index contributed by atoms with van der Waals surface area (Å²) >= 11 is 0. The first kappa shape index (κ1) is 24.3. The summed E-state index contributed by atoms with van der Waals surface area (Å²) in [7, 11) is -1.04. The average Bonchev–Trinajstić information content (AvgIpc) is 2.83. The van der Waals surface area contributed by atoms with Crippen molar-refractivity contribution >= 4 is 15.9 Å². The standard InChI is InChI=1S/C25H28N2O5S/c1-18-9-14-23(32-3)24(15-18)33(29,30)27-22(16-19-7-5-4-6-8-19)25(28)26-17-20-10-12-21(31-2)13-11-20/h4-15,22,27H,16-17H2,1-3H3,(H,26,28)/t22-/m0/s1. The van der Waals surface area contributed by atoms with Crippen LogP contribution in [0, 0.1) is 6.92 Å². The second-order valence-electron chi connectivity index (χ2n) is 7.58. The van der Waals surface area contributed by atoms with Crippen molar-refractivity contribution in [2.45, 2.75) is 30.8 Å². The van der Waals surface area contributed by atoms with Gasteiger partial charge in [-0.1, -0.05) is 48.5 Å². The van der Waals surface area contributed by atoms with Gasteiger partial charge in [-0.05, 0) is 54.3 Å². The van der Waals surface area contributed by atoms with Crippen molar-refractivity contribution < 1.29 is 22.7 Å². The number of nitrogens with one attached hydrogen (secondary N) is 2. The highest BCUT2D eigenvalue weighted by Crippen LogP contribution is 2.25. The summed E-state index contributed by atoms with van der Waals surface area (Å²) in [6, 6.07) is 20.4. The van der Waals surface area contributed by atoms with E-state index in [-0.39, 0.29) is 23.6 Å². The molecule has 7 nitrogen and oxygen atoms in total. The van der Waals surface area contributed by atoms with E-state index in [9.17, 15) is 13.2 Å². The minimum Gasteiger partial charge on any atom is -0.497 e. The Hall–Kier alpha value is -3.36. The van der Waals surface area contributed by atoms with Crippen molar-refractivity contribution in [1.82, 2.24) is 10.0 Å². The lowest BCUT2D eigenvalue weighted by Crippen LogP contribution is -2.47. The highest BCUT2D eigenvalue weighted by molar-refractivity contribution is 7.89. The fourth-order valence-corrected chi connectivity index (χ4v) is 4.79. The molecule has 0 aliphatic carbocycles. The predicted molar refractivity (Wildman–Crippen MR) is 127 cm³/mol. The van der Waals surface area contributed by atoms with E-state index < -0.39 is 22.0 Å². The Kier molecular flexibility index (Phi) is 8.08. The molecule has 0 radical (unpaired) electrons. The normalized spacial score (nSPS) is 12.1. The molecule has 1 atom stereocenters. The van der Waals surface area contributed by atoms with E-state index in [0.29, 0.717) is 5.75 Å². The average molecular weight is 469 g/mol. The lowest BCUT2D eigenvalue weighted by molar-refractivity contribution is -0.122. The van der Waals surface area contributed by atoms with E-state index in [2.05, 4.69) is 10.0 Å². The number of hydrogen-bond acceptors (Lipinski definition) is 5. The molecule has 0 unspecified atom stereocenters. The third-order valence-corrected chi connectivity index (χ3v) is 6.62. The van der Waals surface area contributed by atoms with Gasteiger partial charge < -0.3 is 14.8 Å². The van der Waals surface area contributed by atoms with E-state index in [0.717, 1.165) is 16.7 Å². The lowest BCUT2D eigenvalue weighted by atomic mass is 10.1. The number of methoxy groups -OCH3 is 2. The van der Waals surface area contributed by atoms with Crippen molar-refractivity contribution in [1.29, 1.82) is 0 Å². The largest absolute Gasteiger partial charge is 0.497 e.